The van der Waals surface area contributed by atoms with Gasteiger partial charge in [0.2, 0.25) is 5.28 Å². The summed E-state index contributed by atoms with van der Waals surface area (Å²) in [5.74, 6) is 0.870. The quantitative estimate of drug-likeness (QED) is 0.872. The van der Waals surface area contributed by atoms with Crippen molar-refractivity contribution < 1.29 is 0 Å². The molecule has 0 spiro atoms. The molecule has 1 fully saturated rings. The van der Waals surface area contributed by atoms with Crippen LogP contribution in [0.2, 0.25) is 5.28 Å². The van der Waals surface area contributed by atoms with Crippen LogP contribution < -0.4 is 5.32 Å². The number of piperidine rings is 1. The molecule has 4 nitrogen and oxygen atoms in total. The predicted molar refractivity (Wildman–Crippen MR) is 90.5 cm³/mol. The molecule has 21 heavy (non-hydrogen) atoms. The Bertz CT molecular complexity index is 646. The molecular weight excluding hydrogens is 304 g/mol. The zero-order valence-corrected chi connectivity index (χ0v) is 14.3. The van der Waals surface area contributed by atoms with Crippen LogP contribution in [0.1, 0.15) is 24.6 Å². The Morgan fingerprint density at radius 2 is 2.10 bits per heavy atom. The number of aryl methyl sites for hydroxylation is 1. The average molecular weight is 325 g/mol. The third-order valence-electron chi connectivity index (χ3n) is 4.37. The highest BCUT2D eigenvalue weighted by Crippen LogP contribution is 2.33. The SMILES string of the molecule is Cc1cc2c(NCC3(C)CCN(C)CC3)nc(Cl)nc2s1. The molecule has 0 aromatic carbocycles. The fourth-order valence-corrected chi connectivity index (χ4v) is 3.88. The van der Waals surface area contributed by atoms with Crippen molar-refractivity contribution in [1.29, 1.82) is 0 Å². The first-order valence-corrected chi connectivity index (χ1v) is 8.51. The molecule has 114 valence electrons. The van der Waals surface area contributed by atoms with Crippen LogP contribution in [-0.4, -0.2) is 41.5 Å². The van der Waals surface area contributed by atoms with Gasteiger partial charge in [-0.15, -0.1) is 11.3 Å². The minimum absolute atomic E-state index is 0.320. The van der Waals surface area contributed by atoms with Gasteiger partial charge in [0, 0.05) is 11.4 Å². The number of nitrogens with zero attached hydrogens (tertiary/aromatic N) is 3. The number of fused-ring (bicyclic) bond motifs is 1. The zero-order valence-electron chi connectivity index (χ0n) is 12.7. The second kappa shape index (κ2) is 5.71. The van der Waals surface area contributed by atoms with Crippen LogP contribution in [0, 0.1) is 12.3 Å². The van der Waals surface area contributed by atoms with Crippen LogP contribution >= 0.6 is 22.9 Å². The van der Waals surface area contributed by atoms with Crippen LogP contribution in [0.15, 0.2) is 6.07 Å². The summed E-state index contributed by atoms with van der Waals surface area (Å²) in [6.07, 6.45) is 2.42. The van der Waals surface area contributed by atoms with E-state index >= 15 is 0 Å². The van der Waals surface area contributed by atoms with E-state index in [1.165, 1.54) is 17.7 Å². The number of likely N-dealkylation sites (tertiary alicyclic amines) is 1. The van der Waals surface area contributed by atoms with Crippen molar-refractivity contribution in [3.8, 4) is 0 Å². The van der Waals surface area contributed by atoms with E-state index in [0.717, 1.165) is 35.7 Å². The van der Waals surface area contributed by atoms with Gasteiger partial charge in [-0.25, -0.2) is 9.97 Å². The monoisotopic (exact) mass is 324 g/mol. The first kappa shape index (κ1) is 15.0. The standard InChI is InChI=1S/C15H21ClN4S/c1-10-8-11-12(18-14(16)19-13(11)21-10)17-9-15(2)4-6-20(3)7-5-15/h8H,4-7,9H2,1-3H3,(H,17,18,19). The van der Waals surface area contributed by atoms with E-state index in [1.54, 1.807) is 11.3 Å². The Kier molecular flexibility index (Phi) is 4.08. The minimum Gasteiger partial charge on any atom is -0.369 e. The highest BCUT2D eigenvalue weighted by molar-refractivity contribution is 7.18. The minimum atomic E-state index is 0.320. The molecule has 0 radical (unpaired) electrons. The van der Waals surface area contributed by atoms with Gasteiger partial charge in [0.15, 0.2) is 0 Å². The summed E-state index contributed by atoms with van der Waals surface area (Å²) >= 11 is 7.71. The Hall–Kier alpha value is -0.910. The van der Waals surface area contributed by atoms with E-state index in [2.05, 4.69) is 47.1 Å². The van der Waals surface area contributed by atoms with Crippen LogP contribution in [0.4, 0.5) is 5.82 Å². The highest BCUT2D eigenvalue weighted by atomic mass is 35.5. The van der Waals surface area contributed by atoms with Gasteiger partial charge in [-0.2, -0.15) is 0 Å². The van der Waals surface area contributed by atoms with E-state index in [4.69, 9.17) is 11.6 Å². The number of thiophene rings is 1. The van der Waals surface area contributed by atoms with Crippen molar-refractivity contribution in [2.75, 3.05) is 32.0 Å². The van der Waals surface area contributed by atoms with Crippen LogP contribution in [0.5, 0.6) is 0 Å². The van der Waals surface area contributed by atoms with E-state index < -0.39 is 0 Å². The summed E-state index contributed by atoms with van der Waals surface area (Å²) in [5, 5.41) is 4.92. The van der Waals surface area contributed by atoms with Gasteiger partial charge in [0.25, 0.3) is 0 Å². The number of nitrogens with one attached hydrogen (secondary N) is 1. The maximum absolute atomic E-state index is 6.05. The predicted octanol–water partition coefficient (Wildman–Crippen LogP) is 3.80. The smallest absolute Gasteiger partial charge is 0.225 e. The van der Waals surface area contributed by atoms with Crippen LogP contribution in [0.3, 0.4) is 0 Å². The fraction of sp³-hybridized carbons (Fsp3) is 0.600. The molecule has 1 saturated heterocycles. The van der Waals surface area contributed by atoms with Gasteiger partial charge in [0.1, 0.15) is 10.6 Å². The molecular formula is C15H21ClN4S. The van der Waals surface area contributed by atoms with Gasteiger partial charge >= 0.3 is 0 Å². The molecule has 2 aromatic heterocycles. The molecule has 0 bridgehead atoms. The van der Waals surface area contributed by atoms with E-state index in [-0.39, 0.29) is 0 Å². The molecule has 0 unspecified atom stereocenters. The molecule has 6 heteroatoms. The fourth-order valence-electron chi connectivity index (χ4n) is 2.78. The van der Waals surface area contributed by atoms with Crippen LogP contribution in [-0.2, 0) is 0 Å². The lowest BCUT2D eigenvalue weighted by Gasteiger charge is -2.38. The van der Waals surface area contributed by atoms with E-state index in [1.807, 2.05) is 0 Å². The number of aromatic nitrogens is 2. The molecule has 0 saturated carbocycles. The number of hydrogen-bond acceptors (Lipinski definition) is 5. The molecule has 0 amide bonds. The zero-order chi connectivity index (χ0) is 15.0. The van der Waals surface area contributed by atoms with Gasteiger partial charge in [-0.3, -0.25) is 0 Å². The molecule has 2 aromatic rings. The van der Waals surface area contributed by atoms with Crippen molar-refractivity contribution in [2.45, 2.75) is 26.7 Å². The van der Waals surface area contributed by atoms with Gasteiger partial charge < -0.3 is 10.2 Å². The molecule has 3 heterocycles. The lowest BCUT2D eigenvalue weighted by molar-refractivity contribution is 0.150. The molecule has 0 aliphatic carbocycles. The van der Waals surface area contributed by atoms with Gasteiger partial charge in [0.05, 0.1) is 5.39 Å². The maximum Gasteiger partial charge on any atom is 0.225 e. The van der Waals surface area contributed by atoms with Crippen molar-refractivity contribution >= 4 is 39.0 Å². The first-order chi connectivity index (χ1) is 9.95. The second-order valence-corrected chi connectivity index (χ2v) is 7.96. The summed E-state index contributed by atoms with van der Waals surface area (Å²) in [6.45, 7) is 7.69. The Balaban J connectivity index is 1.79. The van der Waals surface area contributed by atoms with Crippen LogP contribution in [0.25, 0.3) is 10.2 Å². The number of hydrogen-bond donors (Lipinski definition) is 1. The summed E-state index contributed by atoms with van der Waals surface area (Å²) in [4.78, 5) is 13.3. The highest BCUT2D eigenvalue weighted by Gasteiger charge is 2.29. The lowest BCUT2D eigenvalue weighted by atomic mass is 9.80. The normalized spacial score (nSPS) is 19.0. The first-order valence-electron chi connectivity index (χ1n) is 7.31. The van der Waals surface area contributed by atoms with Crippen molar-refractivity contribution in [2.24, 2.45) is 5.41 Å². The third-order valence-corrected chi connectivity index (χ3v) is 5.48. The molecule has 1 N–H and O–H groups in total. The summed E-state index contributed by atoms with van der Waals surface area (Å²) in [6, 6.07) is 2.13. The summed E-state index contributed by atoms with van der Waals surface area (Å²) in [5.41, 5.74) is 0.321. The topological polar surface area (TPSA) is 41.0 Å². The average Bonchev–Trinajstić information content (AvgIpc) is 2.80. The van der Waals surface area contributed by atoms with Gasteiger partial charge in [-0.1, -0.05) is 6.92 Å². The maximum atomic E-state index is 6.05. The van der Waals surface area contributed by atoms with E-state index in [0.29, 0.717) is 10.7 Å². The Labute approximate surface area is 134 Å². The largest absolute Gasteiger partial charge is 0.369 e. The van der Waals surface area contributed by atoms with Gasteiger partial charge in [-0.05, 0) is 63.0 Å². The number of halogens is 1. The Morgan fingerprint density at radius 3 is 2.81 bits per heavy atom. The summed E-state index contributed by atoms with van der Waals surface area (Å²) < 4.78 is 0. The van der Waals surface area contributed by atoms with Crippen molar-refractivity contribution in [3.63, 3.8) is 0 Å². The molecule has 1 aliphatic heterocycles. The molecule has 3 rings (SSSR count). The van der Waals surface area contributed by atoms with E-state index in [9.17, 15) is 0 Å². The summed E-state index contributed by atoms with van der Waals surface area (Å²) in [7, 11) is 2.19. The van der Waals surface area contributed by atoms with Crippen molar-refractivity contribution in [1.82, 2.24) is 14.9 Å². The third kappa shape index (κ3) is 3.30. The number of anilines is 1. The molecule has 0 atom stereocenters. The second-order valence-electron chi connectivity index (χ2n) is 6.38. The lowest BCUT2D eigenvalue weighted by Crippen LogP contribution is -2.40. The van der Waals surface area contributed by atoms with Crippen molar-refractivity contribution in [3.05, 3.63) is 16.2 Å². The number of rotatable bonds is 3. The molecule has 1 aliphatic rings. The Morgan fingerprint density at radius 1 is 1.38 bits per heavy atom.